The number of aliphatic imine (C=N–C) groups is 2. The average Bonchev–Trinajstić information content (AvgIpc) is 3.01. The van der Waals surface area contributed by atoms with Gasteiger partial charge in [-0.05, 0) is 49.8 Å². The van der Waals surface area contributed by atoms with Crippen molar-refractivity contribution in [3.63, 3.8) is 0 Å². The molecular formula is C18H24N6O2. The molecule has 2 aliphatic heterocycles. The van der Waals surface area contributed by atoms with Gasteiger partial charge in [0.1, 0.15) is 12.3 Å². The molecule has 8 nitrogen and oxygen atoms in total. The molecule has 1 aromatic rings. The number of carbonyl (C=O) groups excluding carboxylic acids is 1. The summed E-state index contributed by atoms with van der Waals surface area (Å²) in [5.41, 5.74) is 13.8. The molecular weight excluding hydrogens is 332 g/mol. The van der Waals surface area contributed by atoms with E-state index in [1.165, 1.54) is 6.42 Å². The first-order chi connectivity index (χ1) is 12.6. The highest BCUT2D eigenvalue weighted by molar-refractivity contribution is 6.05. The van der Waals surface area contributed by atoms with Crippen LogP contribution >= 0.6 is 0 Å². The van der Waals surface area contributed by atoms with Gasteiger partial charge >= 0.3 is 6.09 Å². The molecule has 1 saturated carbocycles. The number of hydrogen-bond donors (Lipinski definition) is 3. The Hall–Kier alpha value is -2.77. The van der Waals surface area contributed by atoms with E-state index in [1.54, 1.807) is 0 Å². The fourth-order valence-corrected chi connectivity index (χ4v) is 4.10. The summed E-state index contributed by atoms with van der Waals surface area (Å²) < 4.78 is 4.94. The fourth-order valence-electron chi connectivity index (χ4n) is 4.10. The molecule has 3 aliphatic rings. The Labute approximate surface area is 152 Å². The van der Waals surface area contributed by atoms with Gasteiger partial charge in [0.25, 0.3) is 0 Å². The third kappa shape index (κ3) is 3.07. The van der Waals surface area contributed by atoms with Gasteiger partial charge in [0.15, 0.2) is 0 Å². The number of nitrogens with one attached hydrogen (secondary N) is 1. The Kier molecular flexibility index (Phi) is 4.18. The van der Waals surface area contributed by atoms with Crippen LogP contribution in [0.4, 0.5) is 10.5 Å². The standard InChI is InChI=1S/C18H24N6O2/c19-15-22-16(20)24(18(23-15)8-2-1-3-9-18)14-6-4-12(5-7-14)10-13-11-26-17(25)21-13/h4-7,13H,1-3,8-11H2,(H,21,25)(H4,19,20,22,23). The van der Waals surface area contributed by atoms with Crippen molar-refractivity contribution in [3.05, 3.63) is 29.8 Å². The number of guanidine groups is 2. The van der Waals surface area contributed by atoms with Crippen LogP contribution in [0.1, 0.15) is 37.7 Å². The SMILES string of the molecule is NC1=NC2(CCCCC2)N(c2ccc(CC3COC(=O)N3)cc2)C(N)=N1. The van der Waals surface area contributed by atoms with Crippen LogP contribution in [0, 0.1) is 0 Å². The van der Waals surface area contributed by atoms with Gasteiger partial charge in [-0.1, -0.05) is 18.6 Å². The quantitative estimate of drug-likeness (QED) is 0.757. The molecule has 0 bridgehead atoms. The molecule has 138 valence electrons. The van der Waals surface area contributed by atoms with Gasteiger partial charge in [0.05, 0.1) is 6.04 Å². The molecule has 1 aliphatic carbocycles. The van der Waals surface area contributed by atoms with E-state index in [9.17, 15) is 4.79 Å². The zero-order chi connectivity index (χ0) is 18.1. The molecule has 1 amide bonds. The molecule has 26 heavy (non-hydrogen) atoms. The molecule has 1 spiro atoms. The maximum absolute atomic E-state index is 11.1. The van der Waals surface area contributed by atoms with Gasteiger partial charge in [-0.2, -0.15) is 4.99 Å². The number of nitrogens with zero attached hydrogens (tertiary/aromatic N) is 3. The number of hydrogen-bond acceptors (Lipinski definition) is 7. The number of carbonyl (C=O) groups is 1. The van der Waals surface area contributed by atoms with Gasteiger partial charge in [0, 0.05) is 5.69 Å². The van der Waals surface area contributed by atoms with Crippen molar-refractivity contribution in [2.45, 2.75) is 50.2 Å². The van der Waals surface area contributed by atoms with Crippen LogP contribution in [0.2, 0.25) is 0 Å². The monoisotopic (exact) mass is 356 g/mol. The highest BCUT2D eigenvalue weighted by atomic mass is 16.6. The summed E-state index contributed by atoms with van der Waals surface area (Å²) in [5.74, 6) is 0.651. The summed E-state index contributed by atoms with van der Waals surface area (Å²) in [6, 6.07) is 8.17. The van der Waals surface area contributed by atoms with Crippen LogP contribution in [0.25, 0.3) is 0 Å². The second-order valence-corrected chi connectivity index (χ2v) is 7.13. The van der Waals surface area contributed by atoms with Crippen LogP contribution in [0.3, 0.4) is 0 Å². The lowest BCUT2D eigenvalue weighted by molar-refractivity contribution is 0.177. The molecule has 8 heteroatoms. The lowest BCUT2D eigenvalue weighted by Crippen LogP contribution is -2.58. The molecule has 1 saturated heterocycles. The van der Waals surface area contributed by atoms with Gasteiger partial charge in [-0.3, -0.25) is 4.90 Å². The third-order valence-electron chi connectivity index (χ3n) is 5.27. The van der Waals surface area contributed by atoms with Gasteiger partial charge in [0.2, 0.25) is 11.9 Å². The van der Waals surface area contributed by atoms with E-state index in [-0.39, 0.29) is 18.1 Å². The second-order valence-electron chi connectivity index (χ2n) is 7.13. The van der Waals surface area contributed by atoms with E-state index in [2.05, 4.69) is 15.3 Å². The number of anilines is 1. The van der Waals surface area contributed by atoms with Crippen molar-refractivity contribution in [3.8, 4) is 0 Å². The largest absolute Gasteiger partial charge is 0.447 e. The van der Waals surface area contributed by atoms with E-state index < -0.39 is 5.66 Å². The van der Waals surface area contributed by atoms with Crippen LogP contribution < -0.4 is 21.7 Å². The Morgan fingerprint density at radius 3 is 2.58 bits per heavy atom. The molecule has 2 fully saturated rings. The van der Waals surface area contributed by atoms with E-state index in [4.69, 9.17) is 16.2 Å². The number of nitrogens with two attached hydrogens (primary N) is 2. The molecule has 5 N–H and O–H groups in total. The summed E-state index contributed by atoms with van der Waals surface area (Å²) in [6.45, 7) is 0.406. The highest BCUT2D eigenvalue weighted by Crippen LogP contribution is 2.39. The Morgan fingerprint density at radius 1 is 1.19 bits per heavy atom. The van der Waals surface area contributed by atoms with E-state index in [0.29, 0.717) is 12.6 Å². The minimum atomic E-state index is -0.428. The molecule has 0 radical (unpaired) electrons. The van der Waals surface area contributed by atoms with Crippen LogP contribution in [-0.2, 0) is 11.2 Å². The van der Waals surface area contributed by atoms with Gasteiger partial charge in [-0.15, -0.1) is 0 Å². The van der Waals surface area contributed by atoms with Crippen molar-refractivity contribution < 1.29 is 9.53 Å². The van der Waals surface area contributed by atoms with E-state index in [1.807, 2.05) is 29.2 Å². The lowest BCUT2D eigenvalue weighted by atomic mass is 9.87. The molecule has 4 rings (SSSR count). The van der Waals surface area contributed by atoms with Crippen molar-refractivity contribution >= 4 is 23.7 Å². The number of rotatable bonds is 3. The number of amides is 1. The second kappa shape index (κ2) is 6.51. The Morgan fingerprint density at radius 2 is 1.92 bits per heavy atom. The average molecular weight is 356 g/mol. The van der Waals surface area contributed by atoms with Crippen LogP contribution in [0.15, 0.2) is 34.3 Å². The Bertz CT molecular complexity index is 751. The number of ether oxygens (including phenoxy) is 1. The van der Waals surface area contributed by atoms with Crippen molar-refractivity contribution in [1.29, 1.82) is 0 Å². The summed E-state index contributed by atoms with van der Waals surface area (Å²) in [5, 5.41) is 2.80. The van der Waals surface area contributed by atoms with E-state index >= 15 is 0 Å². The smallest absolute Gasteiger partial charge is 0.407 e. The minimum Gasteiger partial charge on any atom is -0.447 e. The molecule has 1 unspecified atom stereocenters. The Balaban J connectivity index is 1.57. The summed E-state index contributed by atoms with van der Waals surface area (Å²) >= 11 is 0. The number of benzene rings is 1. The topological polar surface area (TPSA) is 118 Å². The maximum Gasteiger partial charge on any atom is 0.407 e. The van der Waals surface area contributed by atoms with E-state index in [0.717, 1.165) is 43.4 Å². The van der Waals surface area contributed by atoms with Crippen molar-refractivity contribution in [2.75, 3.05) is 11.5 Å². The van der Waals surface area contributed by atoms with Crippen molar-refractivity contribution in [2.24, 2.45) is 21.5 Å². The van der Waals surface area contributed by atoms with Crippen LogP contribution in [-0.4, -0.2) is 36.3 Å². The number of cyclic esters (lactones) is 1. The molecule has 1 atom stereocenters. The predicted molar refractivity (Wildman–Crippen MR) is 100.0 cm³/mol. The first-order valence-electron chi connectivity index (χ1n) is 9.08. The zero-order valence-electron chi connectivity index (χ0n) is 14.6. The number of alkyl carbamates (subject to hydrolysis) is 1. The minimum absolute atomic E-state index is 0.0176. The molecule has 0 aromatic heterocycles. The lowest BCUT2D eigenvalue weighted by Gasteiger charge is -2.45. The first kappa shape index (κ1) is 16.7. The first-order valence-corrected chi connectivity index (χ1v) is 9.08. The summed E-state index contributed by atoms with van der Waals surface area (Å²) in [6.07, 6.45) is 5.61. The predicted octanol–water partition coefficient (Wildman–Crippen LogP) is 1.45. The van der Waals surface area contributed by atoms with Gasteiger partial charge in [-0.25, -0.2) is 9.79 Å². The summed E-state index contributed by atoms with van der Waals surface area (Å²) in [7, 11) is 0. The fraction of sp³-hybridized carbons (Fsp3) is 0.500. The normalized spacial score (nSPS) is 24.7. The van der Waals surface area contributed by atoms with Gasteiger partial charge < -0.3 is 21.5 Å². The van der Waals surface area contributed by atoms with Crippen molar-refractivity contribution in [1.82, 2.24) is 5.32 Å². The highest BCUT2D eigenvalue weighted by Gasteiger charge is 2.42. The van der Waals surface area contributed by atoms with Crippen LogP contribution in [0.5, 0.6) is 0 Å². The summed E-state index contributed by atoms with van der Waals surface area (Å²) in [4.78, 5) is 22.0. The zero-order valence-corrected chi connectivity index (χ0v) is 14.6. The molecule has 1 aromatic carbocycles. The third-order valence-corrected chi connectivity index (χ3v) is 5.27. The maximum atomic E-state index is 11.1. The molecule has 2 heterocycles.